The third-order valence-corrected chi connectivity index (χ3v) is 6.31. The first-order valence-electron chi connectivity index (χ1n) is 12.2. The van der Waals surface area contributed by atoms with Crippen LogP contribution < -0.4 is 10.6 Å². The third kappa shape index (κ3) is 11.3. The molecule has 1 unspecified atom stereocenters. The van der Waals surface area contributed by atoms with Crippen molar-refractivity contribution in [1.29, 1.82) is 0 Å². The quantitative estimate of drug-likeness (QED) is 0.247. The van der Waals surface area contributed by atoms with E-state index in [1.54, 1.807) is 0 Å². The number of nitrogens with one attached hydrogen (secondary N) is 2. The Balaban J connectivity index is 0.00000512. The fraction of sp³-hybridized carbons (Fsp3) is 0.720. The van der Waals surface area contributed by atoms with Crippen LogP contribution in [-0.4, -0.2) is 86.6 Å². The van der Waals surface area contributed by atoms with E-state index in [0.29, 0.717) is 6.04 Å². The minimum Gasteiger partial charge on any atom is -0.354 e. The number of halogens is 1. The van der Waals surface area contributed by atoms with E-state index in [1.807, 2.05) is 7.05 Å². The van der Waals surface area contributed by atoms with Crippen molar-refractivity contribution in [3.8, 4) is 0 Å². The van der Waals surface area contributed by atoms with Crippen LogP contribution in [0.1, 0.15) is 51.2 Å². The number of aliphatic imine (C=N–C) groups is 1. The molecule has 1 saturated heterocycles. The molecule has 6 nitrogen and oxygen atoms in total. The summed E-state index contributed by atoms with van der Waals surface area (Å²) in [7, 11) is 4.07. The maximum Gasteiger partial charge on any atom is 0.191 e. The number of likely N-dealkylation sites (N-methyl/N-ethyl adjacent to an activating group) is 1. The lowest BCUT2D eigenvalue weighted by atomic mass is 10.1. The number of hydrogen-bond acceptors (Lipinski definition) is 4. The molecule has 1 atom stereocenters. The molecule has 184 valence electrons. The minimum absolute atomic E-state index is 0. The molecule has 1 aromatic rings. The molecular formula is C25H47IN6. The summed E-state index contributed by atoms with van der Waals surface area (Å²) in [5.41, 5.74) is 2.69. The SMILES string of the molecule is CCN(CC)CCCC(C)NC(=NC)NCc1ccc(CN2CCCN(C)CC2)cc1.I. The summed E-state index contributed by atoms with van der Waals surface area (Å²) >= 11 is 0. The van der Waals surface area contributed by atoms with Gasteiger partial charge in [-0.15, -0.1) is 24.0 Å². The van der Waals surface area contributed by atoms with Crippen molar-refractivity contribution in [3.63, 3.8) is 0 Å². The summed E-state index contributed by atoms with van der Waals surface area (Å²) in [5, 5.41) is 7.00. The van der Waals surface area contributed by atoms with Gasteiger partial charge in [-0.05, 0) is 77.1 Å². The van der Waals surface area contributed by atoms with Gasteiger partial charge in [-0.2, -0.15) is 0 Å². The summed E-state index contributed by atoms with van der Waals surface area (Å²) in [6, 6.07) is 9.45. The summed E-state index contributed by atoms with van der Waals surface area (Å²) < 4.78 is 0. The van der Waals surface area contributed by atoms with Crippen LogP contribution >= 0.6 is 24.0 Å². The lowest BCUT2D eigenvalue weighted by molar-refractivity contribution is 0.269. The summed E-state index contributed by atoms with van der Waals surface area (Å²) in [4.78, 5) is 11.9. The van der Waals surface area contributed by atoms with E-state index in [4.69, 9.17) is 0 Å². The van der Waals surface area contributed by atoms with Gasteiger partial charge in [0.15, 0.2) is 5.96 Å². The number of benzene rings is 1. The standard InChI is InChI=1S/C25H46N6.HI/c1-6-30(7-2)16-8-10-22(3)28-25(26-4)27-20-23-11-13-24(14-12-23)21-31-17-9-15-29(5)18-19-31;/h11-14,22H,6-10,15-21H2,1-5H3,(H2,26,27,28);1H. The second-order valence-electron chi connectivity index (χ2n) is 8.89. The fourth-order valence-corrected chi connectivity index (χ4v) is 4.13. The Morgan fingerprint density at radius 2 is 1.75 bits per heavy atom. The first-order chi connectivity index (χ1) is 15.0. The van der Waals surface area contributed by atoms with Crippen LogP contribution in [0.5, 0.6) is 0 Å². The van der Waals surface area contributed by atoms with Gasteiger partial charge in [-0.1, -0.05) is 38.1 Å². The van der Waals surface area contributed by atoms with E-state index >= 15 is 0 Å². The molecule has 1 aliphatic heterocycles. The Morgan fingerprint density at radius 3 is 2.41 bits per heavy atom. The zero-order valence-electron chi connectivity index (χ0n) is 21.1. The van der Waals surface area contributed by atoms with Crippen molar-refractivity contribution in [2.45, 2.75) is 59.2 Å². The monoisotopic (exact) mass is 558 g/mol. The van der Waals surface area contributed by atoms with Crippen LogP contribution in [0.15, 0.2) is 29.3 Å². The first-order valence-corrected chi connectivity index (χ1v) is 12.2. The first kappa shape index (κ1) is 29.1. The molecule has 0 amide bonds. The van der Waals surface area contributed by atoms with Crippen molar-refractivity contribution in [2.24, 2.45) is 4.99 Å². The van der Waals surface area contributed by atoms with Crippen molar-refractivity contribution < 1.29 is 0 Å². The highest BCUT2D eigenvalue weighted by Gasteiger charge is 2.12. The van der Waals surface area contributed by atoms with Crippen LogP contribution in [0.3, 0.4) is 0 Å². The smallest absolute Gasteiger partial charge is 0.191 e. The highest BCUT2D eigenvalue weighted by atomic mass is 127. The van der Waals surface area contributed by atoms with Crippen molar-refractivity contribution in [1.82, 2.24) is 25.3 Å². The average molecular weight is 559 g/mol. The second-order valence-corrected chi connectivity index (χ2v) is 8.89. The second kappa shape index (κ2) is 16.7. The lowest BCUT2D eigenvalue weighted by Gasteiger charge is -2.21. The number of guanidine groups is 1. The molecule has 7 heteroatoms. The summed E-state index contributed by atoms with van der Waals surface area (Å²) in [5.74, 6) is 0.883. The van der Waals surface area contributed by atoms with Crippen LogP contribution in [0, 0.1) is 0 Å². The molecule has 0 aliphatic carbocycles. The highest BCUT2D eigenvalue weighted by molar-refractivity contribution is 14.0. The minimum atomic E-state index is 0. The molecule has 1 aliphatic rings. The van der Waals surface area contributed by atoms with Crippen molar-refractivity contribution in [2.75, 3.05) is 59.9 Å². The molecule has 1 heterocycles. The van der Waals surface area contributed by atoms with Gasteiger partial charge in [-0.3, -0.25) is 9.89 Å². The van der Waals surface area contributed by atoms with Crippen LogP contribution in [0.25, 0.3) is 0 Å². The Hall–Kier alpha value is -0.900. The molecule has 2 rings (SSSR count). The largest absolute Gasteiger partial charge is 0.354 e. The van der Waals surface area contributed by atoms with Crippen molar-refractivity contribution >= 4 is 29.9 Å². The Labute approximate surface area is 214 Å². The average Bonchev–Trinajstić information content (AvgIpc) is 2.99. The fourth-order valence-electron chi connectivity index (χ4n) is 4.13. The molecule has 0 saturated carbocycles. The molecule has 1 aromatic carbocycles. The van der Waals surface area contributed by atoms with E-state index in [9.17, 15) is 0 Å². The normalized spacial score (nSPS) is 17.0. The van der Waals surface area contributed by atoms with Gasteiger partial charge in [0.25, 0.3) is 0 Å². The Morgan fingerprint density at radius 1 is 1.06 bits per heavy atom. The lowest BCUT2D eigenvalue weighted by Crippen LogP contribution is -2.42. The Bertz CT molecular complexity index is 632. The van der Waals surface area contributed by atoms with E-state index < -0.39 is 0 Å². The molecule has 1 fully saturated rings. The molecule has 0 spiro atoms. The van der Waals surface area contributed by atoms with Gasteiger partial charge in [0.1, 0.15) is 0 Å². The highest BCUT2D eigenvalue weighted by Crippen LogP contribution is 2.10. The topological polar surface area (TPSA) is 46.1 Å². The number of rotatable bonds is 11. The number of nitrogens with zero attached hydrogens (tertiary/aromatic N) is 4. The predicted molar refractivity (Wildman–Crippen MR) is 149 cm³/mol. The van der Waals surface area contributed by atoms with Gasteiger partial charge in [0.2, 0.25) is 0 Å². The zero-order chi connectivity index (χ0) is 22.5. The summed E-state index contributed by atoms with van der Waals surface area (Å²) in [6.45, 7) is 16.7. The molecule has 2 N–H and O–H groups in total. The van der Waals surface area contributed by atoms with Gasteiger partial charge in [0, 0.05) is 39.3 Å². The third-order valence-electron chi connectivity index (χ3n) is 6.31. The van der Waals surface area contributed by atoms with Gasteiger partial charge < -0.3 is 20.4 Å². The molecule has 0 bridgehead atoms. The number of hydrogen-bond donors (Lipinski definition) is 2. The maximum atomic E-state index is 4.40. The van der Waals surface area contributed by atoms with Gasteiger partial charge in [0.05, 0.1) is 0 Å². The van der Waals surface area contributed by atoms with Gasteiger partial charge in [-0.25, -0.2) is 0 Å². The van der Waals surface area contributed by atoms with Crippen molar-refractivity contribution in [3.05, 3.63) is 35.4 Å². The van der Waals surface area contributed by atoms with E-state index in [0.717, 1.165) is 45.1 Å². The van der Waals surface area contributed by atoms with E-state index in [2.05, 4.69) is 82.4 Å². The summed E-state index contributed by atoms with van der Waals surface area (Å²) in [6.07, 6.45) is 3.62. The van der Waals surface area contributed by atoms with Crippen LogP contribution in [0.2, 0.25) is 0 Å². The zero-order valence-corrected chi connectivity index (χ0v) is 23.4. The molecule has 0 radical (unpaired) electrons. The van der Waals surface area contributed by atoms with Crippen LogP contribution in [0.4, 0.5) is 0 Å². The Kier molecular flexibility index (Phi) is 15.2. The van der Waals surface area contributed by atoms with E-state index in [-0.39, 0.29) is 24.0 Å². The molecule has 32 heavy (non-hydrogen) atoms. The maximum absolute atomic E-state index is 4.40. The molecule has 0 aromatic heterocycles. The molecular weight excluding hydrogens is 511 g/mol. The predicted octanol–water partition coefficient (Wildman–Crippen LogP) is 3.62. The van der Waals surface area contributed by atoms with Gasteiger partial charge >= 0.3 is 0 Å². The van der Waals surface area contributed by atoms with E-state index in [1.165, 1.54) is 50.1 Å². The van der Waals surface area contributed by atoms with Crippen LogP contribution in [-0.2, 0) is 13.1 Å².